The molecule has 0 saturated heterocycles. The fourth-order valence-corrected chi connectivity index (χ4v) is 3.75. The summed E-state index contributed by atoms with van der Waals surface area (Å²) in [7, 11) is 1.51. The standard InChI is InChI=1S/C25H40O6.C2H6/c1-5-6-7-8-9-10-11-12-22(30-19(2)26)18-23(31-20(3)27)15-13-21-14-16-24(28)25(17-21)29-4;1-2/h14,16-17,22-23,28H,5-13,15,18H2,1-4H3;1-2H3. The van der Waals surface area contributed by atoms with Gasteiger partial charge in [0, 0.05) is 20.3 Å². The monoisotopic (exact) mass is 466 g/mol. The van der Waals surface area contributed by atoms with E-state index in [-0.39, 0.29) is 29.9 Å². The first kappa shape index (κ1) is 30.8. The number of phenols is 1. The normalized spacial score (nSPS) is 12.2. The molecule has 1 aromatic carbocycles. The van der Waals surface area contributed by atoms with Crippen molar-refractivity contribution in [3.05, 3.63) is 23.8 Å². The summed E-state index contributed by atoms with van der Waals surface area (Å²) >= 11 is 0. The Morgan fingerprint density at radius 1 is 0.879 bits per heavy atom. The summed E-state index contributed by atoms with van der Waals surface area (Å²) in [6.07, 6.45) is 10.3. The van der Waals surface area contributed by atoms with Gasteiger partial charge in [-0.15, -0.1) is 0 Å². The zero-order chi connectivity index (χ0) is 25.1. The summed E-state index contributed by atoms with van der Waals surface area (Å²) in [5, 5.41) is 9.75. The van der Waals surface area contributed by atoms with Gasteiger partial charge in [-0.05, 0) is 43.4 Å². The van der Waals surface area contributed by atoms with E-state index < -0.39 is 0 Å². The molecule has 0 aliphatic carbocycles. The minimum atomic E-state index is -0.342. The average molecular weight is 467 g/mol. The van der Waals surface area contributed by atoms with Crippen molar-refractivity contribution in [1.82, 2.24) is 0 Å². The molecule has 190 valence electrons. The van der Waals surface area contributed by atoms with Crippen LogP contribution in [0.3, 0.4) is 0 Å². The molecule has 33 heavy (non-hydrogen) atoms. The van der Waals surface area contributed by atoms with Crippen molar-refractivity contribution in [2.45, 2.75) is 117 Å². The van der Waals surface area contributed by atoms with E-state index in [1.54, 1.807) is 12.1 Å². The topological polar surface area (TPSA) is 82.1 Å². The molecule has 2 unspecified atom stereocenters. The lowest BCUT2D eigenvalue weighted by atomic mass is 9.98. The van der Waals surface area contributed by atoms with Gasteiger partial charge in [-0.3, -0.25) is 9.59 Å². The summed E-state index contributed by atoms with van der Waals surface area (Å²) in [6, 6.07) is 5.20. The van der Waals surface area contributed by atoms with Gasteiger partial charge >= 0.3 is 11.9 Å². The number of carbonyl (C=O) groups is 2. The van der Waals surface area contributed by atoms with E-state index in [1.165, 1.54) is 53.1 Å². The van der Waals surface area contributed by atoms with E-state index in [4.69, 9.17) is 14.2 Å². The number of unbranched alkanes of at least 4 members (excludes halogenated alkanes) is 6. The number of esters is 2. The van der Waals surface area contributed by atoms with Crippen LogP contribution >= 0.6 is 0 Å². The first-order chi connectivity index (χ1) is 15.8. The number of benzene rings is 1. The molecule has 0 bridgehead atoms. The maximum atomic E-state index is 11.6. The second kappa shape index (κ2) is 19.2. The van der Waals surface area contributed by atoms with Gasteiger partial charge in [-0.2, -0.15) is 0 Å². The van der Waals surface area contributed by atoms with Gasteiger partial charge in [0.15, 0.2) is 11.5 Å². The molecule has 0 saturated carbocycles. The second-order valence-electron chi connectivity index (χ2n) is 8.15. The van der Waals surface area contributed by atoms with E-state index in [2.05, 4.69) is 6.92 Å². The van der Waals surface area contributed by atoms with Crippen molar-refractivity contribution in [3.63, 3.8) is 0 Å². The minimum absolute atomic E-state index is 0.0902. The van der Waals surface area contributed by atoms with Crippen LogP contribution < -0.4 is 4.74 Å². The predicted molar refractivity (Wildman–Crippen MR) is 133 cm³/mol. The van der Waals surface area contributed by atoms with Gasteiger partial charge in [-0.1, -0.05) is 65.4 Å². The number of aromatic hydroxyl groups is 1. The van der Waals surface area contributed by atoms with Gasteiger partial charge < -0.3 is 19.3 Å². The lowest BCUT2D eigenvalue weighted by Crippen LogP contribution is -2.27. The fraction of sp³-hybridized carbons (Fsp3) is 0.704. The first-order valence-electron chi connectivity index (χ1n) is 12.6. The van der Waals surface area contributed by atoms with E-state index in [0.717, 1.165) is 24.8 Å². The van der Waals surface area contributed by atoms with Gasteiger partial charge in [0.25, 0.3) is 0 Å². The number of ether oxygens (including phenoxy) is 3. The highest BCUT2D eigenvalue weighted by Crippen LogP contribution is 2.27. The number of rotatable bonds is 16. The third-order valence-corrected chi connectivity index (χ3v) is 5.32. The maximum absolute atomic E-state index is 11.6. The van der Waals surface area contributed by atoms with Gasteiger partial charge in [0.05, 0.1) is 7.11 Å². The van der Waals surface area contributed by atoms with Gasteiger partial charge in [0.1, 0.15) is 12.2 Å². The van der Waals surface area contributed by atoms with E-state index in [1.807, 2.05) is 19.9 Å². The van der Waals surface area contributed by atoms with Crippen LogP contribution in [0.15, 0.2) is 18.2 Å². The molecule has 2 atom stereocenters. The molecule has 0 aliphatic rings. The van der Waals surface area contributed by atoms with Gasteiger partial charge in [0.2, 0.25) is 0 Å². The molecular weight excluding hydrogens is 420 g/mol. The summed E-state index contributed by atoms with van der Waals surface area (Å²) in [5.74, 6) is -0.144. The quantitative estimate of drug-likeness (QED) is 0.214. The van der Waals surface area contributed by atoms with Crippen LogP contribution in [-0.2, 0) is 25.5 Å². The third kappa shape index (κ3) is 15.3. The number of carbonyl (C=O) groups excluding carboxylic acids is 2. The van der Waals surface area contributed by atoms with Crippen LogP contribution in [0.4, 0.5) is 0 Å². The van der Waals surface area contributed by atoms with Crippen molar-refractivity contribution >= 4 is 11.9 Å². The zero-order valence-corrected chi connectivity index (χ0v) is 21.7. The lowest BCUT2D eigenvalue weighted by Gasteiger charge is -2.23. The molecule has 0 amide bonds. The molecule has 0 aliphatic heterocycles. The lowest BCUT2D eigenvalue weighted by molar-refractivity contribution is -0.153. The Morgan fingerprint density at radius 2 is 1.42 bits per heavy atom. The molecule has 0 aromatic heterocycles. The molecule has 0 fully saturated rings. The molecule has 6 heteroatoms. The van der Waals surface area contributed by atoms with Crippen LogP contribution in [-0.4, -0.2) is 36.4 Å². The Labute approximate surface area is 201 Å². The van der Waals surface area contributed by atoms with Crippen molar-refractivity contribution in [2.24, 2.45) is 0 Å². The Bertz CT molecular complexity index is 658. The predicted octanol–water partition coefficient (Wildman–Crippen LogP) is 6.75. The number of hydrogen-bond donors (Lipinski definition) is 1. The van der Waals surface area contributed by atoms with Crippen LogP contribution in [0.25, 0.3) is 0 Å². The van der Waals surface area contributed by atoms with Crippen molar-refractivity contribution in [3.8, 4) is 11.5 Å². The maximum Gasteiger partial charge on any atom is 0.302 e. The van der Waals surface area contributed by atoms with Crippen LogP contribution in [0, 0.1) is 0 Å². The third-order valence-electron chi connectivity index (χ3n) is 5.32. The van der Waals surface area contributed by atoms with Crippen molar-refractivity contribution in [2.75, 3.05) is 7.11 Å². The summed E-state index contributed by atoms with van der Waals surface area (Å²) < 4.78 is 16.2. The molecule has 6 nitrogen and oxygen atoms in total. The van der Waals surface area contributed by atoms with Crippen LogP contribution in [0.5, 0.6) is 11.5 Å². The van der Waals surface area contributed by atoms with E-state index in [9.17, 15) is 14.7 Å². The Hall–Kier alpha value is -2.24. The largest absolute Gasteiger partial charge is 0.504 e. The van der Waals surface area contributed by atoms with Crippen LogP contribution in [0.2, 0.25) is 0 Å². The average Bonchev–Trinajstić information content (AvgIpc) is 2.78. The molecule has 1 aromatic rings. The summed E-state index contributed by atoms with van der Waals surface area (Å²) in [5.41, 5.74) is 0.975. The summed E-state index contributed by atoms with van der Waals surface area (Å²) in [6.45, 7) is 9.02. The molecule has 1 rings (SSSR count). The highest BCUT2D eigenvalue weighted by atomic mass is 16.6. The fourth-order valence-electron chi connectivity index (χ4n) is 3.75. The zero-order valence-electron chi connectivity index (χ0n) is 21.7. The van der Waals surface area contributed by atoms with Crippen LogP contribution in [0.1, 0.15) is 104 Å². The molecule has 1 N–H and O–H groups in total. The number of methoxy groups -OCH3 is 1. The van der Waals surface area contributed by atoms with E-state index in [0.29, 0.717) is 25.0 Å². The second-order valence-corrected chi connectivity index (χ2v) is 8.15. The minimum Gasteiger partial charge on any atom is -0.504 e. The molecule has 0 heterocycles. The SMILES string of the molecule is CC.CCCCCCCCCC(CC(CCc1ccc(O)c(OC)c1)OC(C)=O)OC(C)=O. The summed E-state index contributed by atoms with van der Waals surface area (Å²) in [4.78, 5) is 23.2. The molecule has 0 radical (unpaired) electrons. The first-order valence-corrected chi connectivity index (χ1v) is 12.6. The Balaban J connectivity index is 0.00000497. The van der Waals surface area contributed by atoms with Gasteiger partial charge in [-0.25, -0.2) is 0 Å². The Kier molecular flexibility index (Phi) is 17.9. The highest BCUT2D eigenvalue weighted by Gasteiger charge is 2.21. The number of aryl methyl sites for hydroxylation is 1. The Morgan fingerprint density at radius 3 is 1.97 bits per heavy atom. The van der Waals surface area contributed by atoms with Crippen molar-refractivity contribution in [1.29, 1.82) is 0 Å². The number of hydrogen-bond acceptors (Lipinski definition) is 6. The molecular formula is C27H46O6. The number of phenolic OH excluding ortho intramolecular Hbond substituents is 1. The highest BCUT2D eigenvalue weighted by molar-refractivity contribution is 5.66. The van der Waals surface area contributed by atoms with E-state index >= 15 is 0 Å². The smallest absolute Gasteiger partial charge is 0.302 e. The van der Waals surface area contributed by atoms with Crippen molar-refractivity contribution < 1.29 is 28.9 Å². The molecule has 0 spiro atoms.